The van der Waals surface area contributed by atoms with Crippen LogP contribution in [0.15, 0.2) is 4.99 Å². The highest BCUT2D eigenvalue weighted by Crippen LogP contribution is 2.11. The molecule has 0 atom stereocenters. The number of nitrogens with one attached hydrogen (secondary N) is 2. The van der Waals surface area contributed by atoms with Gasteiger partial charge in [-0.1, -0.05) is 19.8 Å². The Morgan fingerprint density at radius 2 is 1.58 bits per heavy atom. The zero-order valence-corrected chi connectivity index (χ0v) is 16.0. The van der Waals surface area contributed by atoms with E-state index in [0.717, 1.165) is 25.6 Å². The van der Waals surface area contributed by atoms with Crippen molar-refractivity contribution in [1.29, 1.82) is 0 Å². The lowest BCUT2D eigenvalue weighted by Crippen LogP contribution is -2.49. The molecule has 2 rings (SSSR count). The molecule has 0 aromatic carbocycles. The second kappa shape index (κ2) is 11.7. The van der Waals surface area contributed by atoms with E-state index in [9.17, 15) is 0 Å². The van der Waals surface area contributed by atoms with Crippen molar-refractivity contribution in [3.63, 3.8) is 0 Å². The molecule has 0 bridgehead atoms. The Bertz CT molecular complexity index is 342. The molecule has 2 aliphatic rings. The van der Waals surface area contributed by atoms with Gasteiger partial charge in [-0.25, -0.2) is 0 Å². The van der Waals surface area contributed by atoms with Gasteiger partial charge in [0, 0.05) is 32.2 Å². The van der Waals surface area contributed by atoms with E-state index in [4.69, 9.17) is 4.99 Å². The summed E-state index contributed by atoms with van der Waals surface area (Å²) in [4.78, 5) is 10.00. The van der Waals surface area contributed by atoms with Crippen molar-refractivity contribution in [3.8, 4) is 0 Å². The normalized spacial score (nSPS) is 22.3. The van der Waals surface area contributed by atoms with Crippen LogP contribution in [0.1, 0.15) is 58.8 Å². The molecule has 0 amide bonds. The number of rotatable bonds is 7. The summed E-state index contributed by atoms with van der Waals surface area (Å²) in [6.45, 7) is 13.6. The van der Waals surface area contributed by atoms with Crippen LogP contribution < -0.4 is 10.6 Å². The number of hydrogen-bond donors (Lipinski definition) is 2. The zero-order valence-electron chi connectivity index (χ0n) is 16.0. The average Bonchev–Trinajstić information content (AvgIpc) is 2.86. The Morgan fingerprint density at radius 3 is 2.21 bits per heavy atom. The average molecular weight is 338 g/mol. The largest absolute Gasteiger partial charge is 0.357 e. The third-order valence-corrected chi connectivity index (χ3v) is 5.20. The van der Waals surface area contributed by atoms with Crippen LogP contribution in [0.2, 0.25) is 0 Å². The summed E-state index contributed by atoms with van der Waals surface area (Å²) in [5, 5.41) is 7.09. The SMILES string of the molecule is CCCN1CCC(NC(=NCCN2CCCCCC2)NCC)CC1. The van der Waals surface area contributed by atoms with E-state index in [-0.39, 0.29) is 0 Å². The molecule has 0 unspecified atom stereocenters. The lowest BCUT2D eigenvalue weighted by atomic mass is 10.1. The van der Waals surface area contributed by atoms with Gasteiger partial charge < -0.3 is 20.4 Å². The summed E-state index contributed by atoms with van der Waals surface area (Å²) >= 11 is 0. The second-order valence-corrected chi connectivity index (χ2v) is 7.28. The summed E-state index contributed by atoms with van der Waals surface area (Å²) in [5.41, 5.74) is 0. The summed E-state index contributed by atoms with van der Waals surface area (Å²) < 4.78 is 0. The van der Waals surface area contributed by atoms with Crippen LogP contribution in [0.5, 0.6) is 0 Å². The minimum atomic E-state index is 0.578. The van der Waals surface area contributed by atoms with Crippen LogP contribution in [0.25, 0.3) is 0 Å². The number of hydrogen-bond acceptors (Lipinski definition) is 3. The van der Waals surface area contributed by atoms with Gasteiger partial charge in [-0.05, 0) is 58.7 Å². The molecule has 2 N–H and O–H groups in total. The fraction of sp³-hybridized carbons (Fsp3) is 0.947. The molecular formula is C19H39N5. The Hall–Kier alpha value is -0.810. The smallest absolute Gasteiger partial charge is 0.191 e. The van der Waals surface area contributed by atoms with Gasteiger partial charge in [0.25, 0.3) is 0 Å². The van der Waals surface area contributed by atoms with Crippen molar-refractivity contribution in [2.75, 3.05) is 52.4 Å². The quantitative estimate of drug-likeness (QED) is 0.553. The number of nitrogens with zero attached hydrogens (tertiary/aromatic N) is 3. The number of likely N-dealkylation sites (tertiary alicyclic amines) is 2. The molecule has 5 heteroatoms. The topological polar surface area (TPSA) is 42.9 Å². The molecule has 24 heavy (non-hydrogen) atoms. The van der Waals surface area contributed by atoms with Gasteiger partial charge in [-0.2, -0.15) is 0 Å². The molecule has 0 saturated carbocycles. The number of guanidine groups is 1. The highest BCUT2D eigenvalue weighted by Gasteiger charge is 2.19. The molecule has 2 fully saturated rings. The molecule has 2 heterocycles. The lowest BCUT2D eigenvalue weighted by molar-refractivity contribution is 0.206. The predicted octanol–water partition coefficient (Wildman–Crippen LogP) is 2.29. The maximum Gasteiger partial charge on any atom is 0.191 e. The Kier molecular flexibility index (Phi) is 9.51. The molecule has 0 aromatic rings. The van der Waals surface area contributed by atoms with Crippen molar-refractivity contribution >= 4 is 5.96 Å². The van der Waals surface area contributed by atoms with E-state index in [1.54, 1.807) is 0 Å². The predicted molar refractivity (Wildman–Crippen MR) is 104 cm³/mol. The van der Waals surface area contributed by atoms with E-state index in [1.807, 2.05) is 0 Å². The third-order valence-electron chi connectivity index (χ3n) is 5.20. The first kappa shape index (κ1) is 19.5. The van der Waals surface area contributed by atoms with Gasteiger partial charge in [-0.3, -0.25) is 4.99 Å². The Balaban J connectivity index is 1.72. The van der Waals surface area contributed by atoms with E-state index in [2.05, 4.69) is 34.3 Å². The van der Waals surface area contributed by atoms with E-state index < -0.39 is 0 Å². The van der Waals surface area contributed by atoms with Crippen LogP contribution in [0.4, 0.5) is 0 Å². The minimum absolute atomic E-state index is 0.578. The van der Waals surface area contributed by atoms with Gasteiger partial charge in [0.1, 0.15) is 0 Å². The van der Waals surface area contributed by atoms with Crippen molar-refractivity contribution < 1.29 is 0 Å². The second-order valence-electron chi connectivity index (χ2n) is 7.28. The Morgan fingerprint density at radius 1 is 0.917 bits per heavy atom. The maximum absolute atomic E-state index is 4.83. The molecular weight excluding hydrogens is 298 g/mol. The third kappa shape index (κ3) is 7.39. The number of piperidine rings is 1. The van der Waals surface area contributed by atoms with Crippen LogP contribution in [0, 0.1) is 0 Å². The molecule has 0 aromatic heterocycles. The summed E-state index contributed by atoms with van der Waals surface area (Å²) in [7, 11) is 0. The minimum Gasteiger partial charge on any atom is -0.357 e. The standard InChI is InChI=1S/C19H39N5/c1-3-12-23-15-9-18(10-16-23)22-19(20-4-2)21-11-17-24-13-7-5-6-8-14-24/h18H,3-17H2,1-2H3,(H2,20,21,22). The van der Waals surface area contributed by atoms with Gasteiger partial charge in [-0.15, -0.1) is 0 Å². The maximum atomic E-state index is 4.83. The first-order valence-electron chi connectivity index (χ1n) is 10.3. The molecule has 2 aliphatic heterocycles. The molecule has 140 valence electrons. The van der Waals surface area contributed by atoms with Crippen LogP contribution >= 0.6 is 0 Å². The van der Waals surface area contributed by atoms with Gasteiger partial charge in [0.05, 0.1) is 6.54 Å². The van der Waals surface area contributed by atoms with E-state index in [1.165, 1.54) is 77.7 Å². The van der Waals surface area contributed by atoms with Crippen LogP contribution in [-0.4, -0.2) is 74.2 Å². The zero-order chi connectivity index (χ0) is 17.0. The van der Waals surface area contributed by atoms with Gasteiger partial charge >= 0.3 is 0 Å². The lowest BCUT2D eigenvalue weighted by Gasteiger charge is -2.32. The van der Waals surface area contributed by atoms with Crippen LogP contribution in [-0.2, 0) is 0 Å². The Labute approximate surface area is 149 Å². The highest BCUT2D eigenvalue weighted by molar-refractivity contribution is 5.80. The monoisotopic (exact) mass is 337 g/mol. The fourth-order valence-electron chi connectivity index (χ4n) is 3.79. The van der Waals surface area contributed by atoms with Crippen molar-refractivity contribution in [3.05, 3.63) is 0 Å². The number of aliphatic imine (C=N–C) groups is 1. The molecule has 2 saturated heterocycles. The molecule has 0 spiro atoms. The van der Waals surface area contributed by atoms with Crippen LogP contribution in [0.3, 0.4) is 0 Å². The van der Waals surface area contributed by atoms with Gasteiger partial charge in [0.2, 0.25) is 0 Å². The summed E-state index contributed by atoms with van der Waals surface area (Å²) in [6.07, 6.45) is 9.25. The van der Waals surface area contributed by atoms with Crippen molar-refractivity contribution in [2.24, 2.45) is 4.99 Å². The first-order chi connectivity index (χ1) is 11.8. The van der Waals surface area contributed by atoms with Gasteiger partial charge in [0.15, 0.2) is 5.96 Å². The molecule has 0 aliphatic carbocycles. The van der Waals surface area contributed by atoms with E-state index >= 15 is 0 Å². The van der Waals surface area contributed by atoms with Crippen molar-refractivity contribution in [1.82, 2.24) is 20.4 Å². The molecule has 5 nitrogen and oxygen atoms in total. The fourth-order valence-corrected chi connectivity index (χ4v) is 3.79. The summed E-state index contributed by atoms with van der Waals surface area (Å²) in [6, 6.07) is 0.578. The summed E-state index contributed by atoms with van der Waals surface area (Å²) in [5.74, 6) is 1.02. The van der Waals surface area contributed by atoms with Crippen molar-refractivity contribution in [2.45, 2.75) is 64.8 Å². The molecule has 0 radical (unpaired) electrons. The van der Waals surface area contributed by atoms with E-state index in [0.29, 0.717) is 6.04 Å². The highest BCUT2D eigenvalue weighted by atomic mass is 15.2. The first-order valence-corrected chi connectivity index (χ1v) is 10.3.